The Morgan fingerprint density at radius 3 is 2.70 bits per heavy atom. The lowest BCUT2D eigenvalue weighted by molar-refractivity contribution is -0.117. The molecule has 1 aliphatic carbocycles. The van der Waals surface area contributed by atoms with Gasteiger partial charge in [0, 0.05) is 12.1 Å². The molecule has 2 N–H and O–H groups in total. The first-order valence-corrected chi connectivity index (χ1v) is 8.51. The summed E-state index contributed by atoms with van der Waals surface area (Å²) in [6.45, 7) is 2.07. The number of hydrogen-bond acceptors (Lipinski definition) is 2. The monoisotopic (exact) mass is 306 g/mol. The van der Waals surface area contributed by atoms with E-state index >= 15 is 0 Å². The maximum absolute atomic E-state index is 12.3. The highest BCUT2D eigenvalue weighted by Crippen LogP contribution is 2.37. The van der Waals surface area contributed by atoms with E-state index in [9.17, 15) is 4.79 Å². The zero-order valence-corrected chi connectivity index (χ0v) is 13.3. The fraction of sp³-hybridized carbons (Fsp3) is 0.350. The summed E-state index contributed by atoms with van der Waals surface area (Å²) < 4.78 is 0. The van der Waals surface area contributed by atoms with Gasteiger partial charge in [0.05, 0.1) is 0 Å². The van der Waals surface area contributed by atoms with Crippen LogP contribution >= 0.6 is 0 Å². The number of carbonyl (C=O) groups is 1. The van der Waals surface area contributed by atoms with Gasteiger partial charge < -0.3 is 10.6 Å². The van der Waals surface area contributed by atoms with Crippen LogP contribution in [-0.4, -0.2) is 19.0 Å². The van der Waals surface area contributed by atoms with Crippen molar-refractivity contribution in [3.63, 3.8) is 0 Å². The predicted octanol–water partition coefficient (Wildman–Crippen LogP) is 3.59. The van der Waals surface area contributed by atoms with Crippen LogP contribution in [0.25, 0.3) is 11.1 Å². The number of carbonyl (C=O) groups excluding carboxylic acids is 1. The Labute approximate surface area is 137 Å². The highest BCUT2D eigenvalue weighted by atomic mass is 16.1. The quantitative estimate of drug-likeness (QED) is 0.776. The summed E-state index contributed by atoms with van der Waals surface area (Å²) >= 11 is 0. The summed E-state index contributed by atoms with van der Waals surface area (Å²) in [5.41, 5.74) is 6.24. The minimum Gasteiger partial charge on any atom is -0.326 e. The van der Waals surface area contributed by atoms with Gasteiger partial charge in [-0.15, -0.1) is 0 Å². The number of rotatable bonds is 3. The molecule has 23 heavy (non-hydrogen) atoms. The van der Waals surface area contributed by atoms with Gasteiger partial charge in [-0.05, 0) is 72.7 Å². The van der Waals surface area contributed by atoms with Crippen molar-refractivity contribution in [1.82, 2.24) is 5.32 Å². The van der Waals surface area contributed by atoms with Gasteiger partial charge in [-0.2, -0.15) is 0 Å². The lowest BCUT2D eigenvalue weighted by Gasteiger charge is -2.22. The third-order valence-electron chi connectivity index (χ3n) is 5.01. The van der Waals surface area contributed by atoms with E-state index in [0.29, 0.717) is 12.3 Å². The molecule has 0 atom stereocenters. The lowest BCUT2D eigenvalue weighted by atomic mass is 9.94. The highest BCUT2D eigenvalue weighted by Gasteiger charge is 2.19. The maximum Gasteiger partial charge on any atom is 0.224 e. The molecule has 0 spiro atoms. The number of piperidine rings is 1. The average Bonchev–Trinajstić information content (AvgIpc) is 2.93. The minimum absolute atomic E-state index is 0.146. The zero-order valence-electron chi connectivity index (χ0n) is 13.3. The molecule has 118 valence electrons. The molecule has 3 nitrogen and oxygen atoms in total. The molecule has 3 heteroatoms. The van der Waals surface area contributed by atoms with Gasteiger partial charge >= 0.3 is 0 Å². The lowest BCUT2D eigenvalue weighted by Crippen LogP contribution is -2.30. The van der Waals surface area contributed by atoms with Gasteiger partial charge in [0.1, 0.15) is 0 Å². The predicted molar refractivity (Wildman–Crippen MR) is 93.5 cm³/mol. The van der Waals surface area contributed by atoms with E-state index in [1.54, 1.807) is 0 Å². The van der Waals surface area contributed by atoms with E-state index < -0.39 is 0 Å². The molecule has 4 rings (SSSR count). The molecular weight excluding hydrogens is 284 g/mol. The van der Waals surface area contributed by atoms with Crippen LogP contribution < -0.4 is 10.6 Å². The van der Waals surface area contributed by atoms with Crippen molar-refractivity contribution in [1.29, 1.82) is 0 Å². The Morgan fingerprint density at radius 2 is 1.83 bits per heavy atom. The van der Waals surface area contributed by atoms with Crippen LogP contribution in [0.2, 0.25) is 0 Å². The second-order valence-corrected chi connectivity index (χ2v) is 6.65. The molecule has 0 unspecified atom stereocenters. The molecule has 2 aromatic rings. The van der Waals surface area contributed by atoms with Gasteiger partial charge in [-0.3, -0.25) is 4.79 Å². The molecule has 1 amide bonds. The van der Waals surface area contributed by atoms with Crippen LogP contribution in [0.5, 0.6) is 0 Å². The van der Waals surface area contributed by atoms with Gasteiger partial charge in [-0.1, -0.05) is 30.3 Å². The van der Waals surface area contributed by atoms with Crippen molar-refractivity contribution < 1.29 is 4.79 Å². The van der Waals surface area contributed by atoms with Crippen molar-refractivity contribution in [2.24, 2.45) is 5.92 Å². The molecule has 1 fully saturated rings. The Hall–Kier alpha value is -2.13. The SMILES string of the molecule is O=C(CC1CCNCC1)Nc1ccc2c(c1)Cc1ccccc1-2. The normalized spacial score (nSPS) is 16.7. The van der Waals surface area contributed by atoms with E-state index in [4.69, 9.17) is 0 Å². The molecule has 2 aliphatic rings. The number of hydrogen-bond donors (Lipinski definition) is 2. The van der Waals surface area contributed by atoms with Crippen LogP contribution in [0.4, 0.5) is 5.69 Å². The molecule has 1 aliphatic heterocycles. The van der Waals surface area contributed by atoms with E-state index in [1.165, 1.54) is 22.3 Å². The fourth-order valence-corrected chi connectivity index (χ4v) is 3.78. The number of fused-ring (bicyclic) bond motifs is 3. The standard InChI is InChI=1S/C20H22N2O/c23-20(11-14-7-9-21-10-8-14)22-17-5-6-19-16(13-17)12-15-3-1-2-4-18(15)19/h1-6,13-14,21H,7-12H2,(H,22,23). The van der Waals surface area contributed by atoms with E-state index in [2.05, 4.69) is 47.0 Å². The third kappa shape index (κ3) is 3.02. The van der Waals surface area contributed by atoms with Gasteiger partial charge in [-0.25, -0.2) is 0 Å². The molecule has 0 saturated carbocycles. The van der Waals surface area contributed by atoms with E-state index in [1.807, 2.05) is 6.07 Å². The highest BCUT2D eigenvalue weighted by molar-refractivity contribution is 5.92. The fourth-order valence-electron chi connectivity index (χ4n) is 3.78. The van der Waals surface area contributed by atoms with E-state index in [-0.39, 0.29) is 5.91 Å². The molecule has 1 heterocycles. The summed E-state index contributed by atoms with van der Waals surface area (Å²) in [5, 5.41) is 6.43. The second-order valence-electron chi connectivity index (χ2n) is 6.65. The Kier molecular flexibility index (Phi) is 3.88. The molecule has 0 aromatic heterocycles. The largest absolute Gasteiger partial charge is 0.326 e. The van der Waals surface area contributed by atoms with Crippen LogP contribution in [-0.2, 0) is 11.2 Å². The minimum atomic E-state index is 0.146. The molecule has 0 bridgehead atoms. The molecule has 0 radical (unpaired) electrons. The van der Waals surface area contributed by atoms with Gasteiger partial charge in [0.15, 0.2) is 0 Å². The summed E-state index contributed by atoms with van der Waals surface area (Å²) in [6.07, 6.45) is 3.81. The molecule has 1 saturated heterocycles. The zero-order chi connectivity index (χ0) is 15.6. The van der Waals surface area contributed by atoms with Gasteiger partial charge in [0.25, 0.3) is 0 Å². The van der Waals surface area contributed by atoms with Gasteiger partial charge in [0.2, 0.25) is 5.91 Å². The summed E-state index contributed by atoms with van der Waals surface area (Å²) in [7, 11) is 0. The number of anilines is 1. The number of amides is 1. The average molecular weight is 306 g/mol. The number of nitrogens with one attached hydrogen (secondary N) is 2. The first-order chi connectivity index (χ1) is 11.3. The smallest absolute Gasteiger partial charge is 0.224 e. The van der Waals surface area contributed by atoms with Crippen molar-refractivity contribution in [2.45, 2.75) is 25.7 Å². The van der Waals surface area contributed by atoms with Crippen LogP contribution in [0, 0.1) is 5.92 Å². The summed E-state index contributed by atoms with van der Waals surface area (Å²) in [6, 6.07) is 14.8. The van der Waals surface area contributed by atoms with Crippen molar-refractivity contribution >= 4 is 11.6 Å². The number of benzene rings is 2. The van der Waals surface area contributed by atoms with Crippen molar-refractivity contribution in [2.75, 3.05) is 18.4 Å². The third-order valence-corrected chi connectivity index (χ3v) is 5.01. The Balaban J connectivity index is 1.45. The Bertz CT molecular complexity index is 732. The second kappa shape index (κ2) is 6.17. The van der Waals surface area contributed by atoms with Crippen molar-refractivity contribution in [3.8, 4) is 11.1 Å². The topological polar surface area (TPSA) is 41.1 Å². The van der Waals surface area contributed by atoms with Crippen LogP contribution in [0.15, 0.2) is 42.5 Å². The maximum atomic E-state index is 12.3. The summed E-state index contributed by atoms with van der Waals surface area (Å²) in [4.78, 5) is 12.3. The van der Waals surface area contributed by atoms with Crippen LogP contribution in [0.1, 0.15) is 30.4 Å². The van der Waals surface area contributed by atoms with Crippen LogP contribution in [0.3, 0.4) is 0 Å². The van der Waals surface area contributed by atoms with Crippen molar-refractivity contribution in [3.05, 3.63) is 53.6 Å². The summed E-state index contributed by atoms with van der Waals surface area (Å²) in [5.74, 6) is 0.669. The van der Waals surface area contributed by atoms with E-state index in [0.717, 1.165) is 38.0 Å². The Morgan fingerprint density at radius 1 is 1.04 bits per heavy atom. The first-order valence-electron chi connectivity index (χ1n) is 8.51. The first kappa shape index (κ1) is 14.5. The molecular formula is C20H22N2O. The molecule has 2 aromatic carbocycles.